The predicted molar refractivity (Wildman–Crippen MR) is 56.8 cm³/mol. The summed E-state index contributed by atoms with van der Waals surface area (Å²) in [7, 11) is 2.98. The van der Waals surface area contributed by atoms with Crippen LogP contribution in [0.3, 0.4) is 0 Å². The van der Waals surface area contributed by atoms with E-state index in [1.165, 1.54) is 14.2 Å². The fourth-order valence-corrected chi connectivity index (χ4v) is 1.85. The monoisotopic (exact) mass is 221 g/mol. The van der Waals surface area contributed by atoms with Gasteiger partial charge < -0.3 is 14.7 Å². The minimum absolute atomic E-state index is 0.126. The Morgan fingerprint density at radius 1 is 1.31 bits per heavy atom. The topological polar surface area (TPSA) is 68.1 Å². The number of rotatable bonds is 2. The number of carbonyl (C=O) groups is 1. The average Bonchev–Trinajstić information content (AvgIpc) is 2.65. The third-order valence-electron chi connectivity index (χ3n) is 2.60. The molecule has 1 aliphatic rings. The second-order valence-electron chi connectivity index (χ2n) is 3.39. The maximum atomic E-state index is 11.8. The number of oxime groups is 1. The molecular formula is C11H11NO4. The molecule has 2 rings (SSSR count). The standard InChI is InChI=1S/C11H11NO4/c1-15-8-4-3-6-5-7(12-14)10(13)9(6)11(8)16-2/h3-4,14H,5H2,1-2H3/b12-7-. The van der Waals surface area contributed by atoms with Gasteiger partial charge in [0.15, 0.2) is 11.5 Å². The third-order valence-corrected chi connectivity index (χ3v) is 2.60. The molecule has 0 aliphatic heterocycles. The molecule has 0 bridgehead atoms. The number of nitrogens with zero attached hydrogens (tertiary/aromatic N) is 1. The number of methoxy groups -OCH3 is 2. The van der Waals surface area contributed by atoms with Crippen LogP contribution in [-0.2, 0) is 6.42 Å². The fraction of sp³-hybridized carbons (Fsp3) is 0.273. The summed E-state index contributed by atoms with van der Waals surface area (Å²) < 4.78 is 10.3. The van der Waals surface area contributed by atoms with Crippen LogP contribution in [0.1, 0.15) is 15.9 Å². The van der Waals surface area contributed by atoms with Gasteiger partial charge in [-0.15, -0.1) is 0 Å². The summed E-state index contributed by atoms with van der Waals surface area (Å²) in [4.78, 5) is 11.8. The number of hydrogen-bond donors (Lipinski definition) is 1. The smallest absolute Gasteiger partial charge is 0.215 e. The van der Waals surface area contributed by atoms with Gasteiger partial charge in [-0.05, 0) is 11.6 Å². The van der Waals surface area contributed by atoms with E-state index in [0.29, 0.717) is 23.5 Å². The molecule has 5 nitrogen and oxygen atoms in total. The predicted octanol–water partition coefficient (Wildman–Crippen LogP) is 1.27. The second kappa shape index (κ2) is 3.84. The molecule has 0 aromatic heterocycles. The third kappa shape index (κ3) is 1.32. The van der Waals surface area contributed by atoms with Crippen molar-refractivity contribution < 1.29 is 19.5 Å². The van der Waals surface area contributed by atoms with Crippen molar-refractivity contribution in [2.45, 2.75) is 6.42 Å². The van der Waals surface area contributed by atoms with Gasteiger partial charge in [0.25, 0.3) is 0 Å². The molecule has 1 aromatic carbocycles. The Hall–Kier alpha value is -2.04. The SMILES string of the molecule is COc1ccc2c(c1OC)C(=O)/C(=N\O)C2. The maximum absolute atomic E-state index is 11.8. The zero-order chi connectivity index (χ0) is 11.7. The summed E-state index contributed by atoms with van der Waals surface area (Å²) in [6.45, 7) is 0. The summed E-state index contributed by atoms with van der Waals surface area (Å²) in [5.41, 5.74) is 1.34. The average molecular weight is 221 g/mol. The van der Waals surface area contributed by atoms with Crippen molar-refractivity contribution in [2.24, 2.45) is 5.16 Å². The molecule has 5 heteroatoms. The Kier molecular flexibility index (Phi) is 2.52. The molecule has 1 aromatic rings. The lowest BCUT2D eigenvalue weighted by molar-refractivity contribution is 0.106. The van der Waals surface area contributed by atoms with E-state index < -0.39 is 0 Å². The zero-order valence-corrected chi connectivity index (χ0v) is 8.98. The molecule has 84 valence electrons. The minimum Gasteiger partial charge on any atom is -0.493 e. The number of hydrogen-bond acceptors (Lipinski definition) is 5. The van der Waals surface area contributed by atoms with Crippen molar-refractivity contribution in [1.29, 1.82) is 0 Å². The highest BCUT2D eigenvalue weighted by atomic mass is 16.5. The van der Waals surface area contributed by atoms with E-state index in [0.717, 1.165) is 5.56 Å². The van der Waals surface area contributed by atoms with Gasteiger partial charge >= 0.3 is 0 Å². The van der Waals surface area contributed by atoms with Gasteiger partial charge in [-0.1, -0.05) is 11.2 Å². The van der Waals surface area contributed by atoms with Crippen LogP contribution in [0.25, 0.3) is 0 Å². The van der Waals surface area contributed by atoms with Crippen molar-refractivity contribution in [3.63, 3.8) is 0 Å². The first-order valence-corrected chi connectivity index (χ1v) is 4.72. The van der Waals surface area contributed by atoms with Gasteiger partial charge in [-0.25, -0.2) is 0 Å². The molecule has 0 amide bonds. The Labute approximate surface area is 92.3 Å². The van der Waals surface area contributed by atoms with Crippen LogP contribution in [0.4, 0.5) is 0 Å². The Bertz CT molecular complexity index is 479. The molecule has 16 heavy (non-hydrogen) atoms. The van der Waals surface area contributed by atoms with Gasteiger partial charge in [-0.3, -0.25) is 4.79 Å². The van der Waals surface area contributed by atoms with Crippen molar-refractivity contribution in [3.8, 4) is 11.5 Å². The van der Waals surface area contributed by atoms with Crippen LogP contribution < -0.4 is 9.47 Å². The van der Waals surface area contributed by atoms with E-state index in [9.17, 15) is 4.79 Å². The number of carbonyl (C=O) groups excluding carboxylic acids is 1. The number of ketones is 1. The minimum atomic E-state index is -0.312. The van der Waals surface area contributed by atoms with Crippen LogP contribution in [0.2, 0.25) is 0 Å². The molecule has 0 unspecified atom stereocenters. The Morgan fingerprint density at radius 3 is 2.62 bits per heavy atom. The van der Waals surface area contributed by atoms with E-state index in [1.54, 1.807) is 12.1 Å². The lowest BCUT2D eigenvalue weighted by atomic mass is 10.1. The number of benzene rings is 1. The van der Waals surface area contributed by atoms with Crippen molar-refractivity contribution in [1.82, 2.24) is 0 Å². The zero-order valence-electron chi connectivity index (χ0n) is 8.98. The summed E-state index contributed by atoms with van der Waals surface area (Å²) in [6.07, 6.45) is 0.324. The largest absolute Gasteiger partial charge is 0.493 e. The Balaban J connectivity index is 2.63. The highest BCUT2D eigenvalue weighted by Gasteiger charge is 2.32. The van der Waals surface area contributed by atoms with Crippen molar-refractivity contribution in [2.75, 3.05) is 14.2 Å². The van der Waals surface area contributed by atoms with Gasteiger partial charge in [-0.2, -0.15) is 0 Å². The molecule has 0 saturated carbocycles. The fourth-order valence-electron chi connectivity index (χ4n) is 1.85. The summed E-state index contributed by atoms with van der Waals surface area (Å²) in [5.74, 6) is 0.575. The van der Waals surface area contributed by atoms with E-state index >= 15 is 0 Å². The van der Waals surface area contributed by atoms with E-state index in [4.69, 9.17) is 14.7 Å². The summed E-state index contributed by atoms with van der Waals surface area (Å²) in [6, 6.07) is 3.50. The highest BCUT2D eigenvalue weighted by Crippen LogP contribution is 2.37. The quantitative estimate of drug-likeness (QED) is 0.603. The number of ether oxygens (including phenoxy) is 2. The Morgan fingerprint density at radius 2 is 2.06 bits per heavy atom. The first-order valence-electron chi connectivity index (χ1n) is 4.72. The lowest BCUT2D eigenvalue weighted by Crippen LogP contribution is -2.08. The number of Topliss-reactive ketones (excluding diaryl/α,β-unsaturated/α-hetero) is 1. The maximum Gasteiger partial charge on any atom is 0.215 e. The van der Waals surface area contributed by atoms with Gasteiger partial charge in [0, 0.05) is 6.42 Å². The molecule has 0 spiro atoms. The van der Waals surface area contributed by atoms with Crippen LogP contribution in [-0.4, -0.2) is 30.9 Å². The molecule has 0 heterocycles. The normalized spacial score (nSPS) is 16.4. The molecule has 1 aliphatic carbocycles. The van der Waals surface area contributed by atoms with Crippen LogP contribution >= 0.6 is 0 Å². The highest BCUT2D eigenvalue weighted by molar-refractivity contribution is 6.50. The van der Waals surface area contributed by atoms with Crippen molar-refractivity contribution >= 4 is 11.5 Å². The van der Waals surface area contributed by atoms with Gasteiger partial charge in [0.05, 0.1) is 19.8 Å². The van der Waals surface area contributed by atoms with Crippen LogP contribution in [0, 0.1) is 0 Å². The van der Waals surface area contributed by atoms with Crippen molar-refractivity contribution in [3.05, 3.63) is 23.3 Å². The summed E-state index contributed by atoms with van der Waals surface area (Å²) in [5, 5.41) is 11.7. The van der Waals surface area contributed by atoms with Crippen LogP contribution in [0.5, 0.6) is 11.5 Å². The van der Waals surface area contributed by atoms with Crippen LogP contribution in [0.15, 0.2) is 17.3 Å². The summed E-state index contributed by atoms with van der Waals surface area (Å²) >= 11 is 0. The molecule has 0 saturated heterocycles. The first kappa shape index (κ1) is 10.5. The van der Waals surface area contributed by atoms with Gasteiger partial charge in [0.1, 0.15) is 5.71 Å². The lowest BCUT2D eigenvalue weighted by Gasteiger charge is -2.10. The molecular weight excluding hydrogens is 210 g/mol. The molecule has 1 N–H and O–H groups in total. The number of fused-ring (bicyclic) bond motifs is 1. The van der Waals surface area contributed by atoms with E-state index in [2.05, 4.69) is 5.16 Å². The molecule has 0 fully saturated rings. The van der Waals surface area contributed by atoms with Gasteiger partial charge in [0.2, 0.25) is 5.78 Å². The first-order chi connectivity index (χ1) is 7.72. The molecule has 0 atom stereocenters. The molecule has 0 radical (unpaired) electrons. The van der Waals surface area contributed by atoms with E-state index in [-0.39, 0.29) is 11.5 Å². The van der Waals surface area contributed by atoms with E-state index in [1.807, 2.05) is 0 Å². The second-order valence-corrected chi connectivity index (χ2v) is 3.39.